The first-order chi connectivity index (χ1) is 16.8. The van der Waals surface area contributed by atoms with E-state index in [-0.39, 0.29) is 33.5 Å². The average Bonchev–Trinajstić information content (AvgIpc) is 3.09. The number of hydrogen-bond acceptors (Lipinski definition) is 6. The Morgan fingerprint density at radius 1 is 1.06 bits per heavy atom. The summed E-state index contributed by atoms with van der Waals surface area (Å²) in [6.07, 6.45) is 1.50. The van der Waals surface area contributed by atoms with Crippen molar-refractivity contribution in [1.29, 1.82) is 0 Å². The molecular weight excluding hydrogens is 516 g/mol. The molecule has 0 radical (unpaired) electrons. The Kier molecular flexibility index (Phi) is 7.45. The van der Waals surface area contributed by atoms with Crippen molar-refractivity contribution in [1.82, 2.24) is 4.90 Å². The van der Waals surface area contributed by atoms with Crippen LogP contribution in [-0.2, 0) is 11.3 Å². The van der Waals surface area contributed by atoms with E-state index in [2.05, 4.69) is 0 Å². The lowest BCUT2D eigenvalue weighted by Crippen LogP contribution is -2.28. The largest absolute Gasteiger partial charge is 0.493 e. The highest BCUT2D eigenvalue weighted by atomic mass is 35.5. The van der Waals surface area contributed by atoms with E-state index in [0.717, 1.165) is 16.7 Å². The maximum absolute atomic E-state index is 14.1. The lowest BCUT2D eigenvalue weighted by Gasteiger charge is -2.14. The first-order valence-electron chi connectivity index (χ1n) is 10.1. The van der Waals surface area contributed by atoms with Crippen molar-refractivity contribution in [3.8, 4) is 11.5 Å². The molecule has 0 spiro atoms. The van der Waals surface area contributed by atoms with E-state index in [9.17, 15) is 18.8 Å². The molecule has 2 amide bonds. The van der Waals surface area contributed by atoms with Gasteiger partial charge in [-0.05, 0) is 71.9 Å². The van der Waals surface area contributed by atoms with Crippen molar-refractivity contribution >= 4 is 58.2 Å². The molecule has 1 fully saturated rings. The van der Waals surface area contributed by atoms with Gasteiger partial charge in [-0.25, -0.2) is 9.18 Å². The first-order valence-corrected chi connectivity index (χ1v) is 11.7. The van der Waals surface area contributed by atoms with Crippen molar-refractivity contribution in [3.05, 3.63) is 98.1 Å². The fourth-order valence-corrected chi connectivity index (χ4v) is 4.42. The van der Waals surface area contributed by atoms with Gasteiger partial charge in [0.2, 0.25) is 0 Å². The van der Waals surface area contributed by atoms with Gasteiger partial charge in [0.15, 0.2) is 11.5 Å². The van der Waals surface area contributed by atoms with Gasteiger partial charge in [-0.3, -0.25) is 14.5 Å². The van der Waals surface area contributed by atoms with Crippen LogP contribution >= 0.6 is 35.0 Å². The lowest BCUT2D eigenvalue weighted by molar-refractivity contribution is -0.123. The number of carbonyl (C=O) groups excluding carboxylic acids is 3. The number of esters is 1. The van der Waals surface area contributed by atoms with E-state index >= 15 is 0 Å². The molecule has 35 heavy (non-hydrogen) atoms. The summed E-state index contributed by atoms with van der Waals surface area (Å²) in [5, 5.41) is 0.0763. The third kappa shape index (κ3) is 5.51. The Bertz CT molecular complexity index is 1340. The van der Waals surface area contributed by atoms with E-state index in [1.165, 1.54) is 49.6 Å². The Balaban J connectivity index is 1.53. The number of halogens is 3. The molecule has 10 heteroatoms. The Labute approximate surface area is 214 Å². The topological polar surface area (TPSA) is 72.9 Å². The van der Waals surface area contributed by atoms with Crippen molar-refractivity contribution in [3.63, 3.8) is 0 Å². The number of hydrogen-bond donors (Lipinski definition) is 0. The summed E-state index contributed by atoms with van der Waals surface area (Å²) in [4.78, 5) is 38.8. The second kappa shape index (κ2) is 10.5. The van der Waals surface area contributed by atoms with Crippen molar-refractivity contribution in [2.75, 3.05) is 7.11 Å². The number of methoxy groups -OCH3 is 1. The summed E-state index contributed by atoms with van der Waals surface area (Å²) < 4.78 is 24.9. The molecule has 0 saturated carbocycles. The molecule has 3 aromatic rings. The van der Waals surface area contributed by atoms with E-state index in [1.54, 1.807) is 24.3 Å². The van der Waals surface area contributed by atoms with Gasteiger partial charge in [0.05, 0.1) is 24.1 Å². The first kappa shape index (κ1) is 24.8. The predicted molar refractivity (Wildman–Crippen MR) is 132 cm³/mol. The van der Waals surface area contributed by atoms with Gasteiger partial charge in [-0.2, -0.15) is 0 Å². The third-order valence-corrected chi connectivity index (χ3v) is 6.53. The minimum Gasteiger partial charge on any atom is -0.493 e. The van der Waals surface area contributed by atoms with Crippen LogP contribution in [0.15, 0.2) is 65.6 Å². The molecule has 1 heterocycles. The zero-order valence-electron chi connectivity index (χ0n) is 18.1. The molecule has 0 unspecified atom stereocenters. The minimum atomic E-state index is -0.603. The summed E-state index contributed by atoms with van der Waals surface area (Å²) in [7, 11) is 1.41. The molecule has 3 aromatic carbocycles. The number of nitrogens with zero attached hydrogens (tertiary/aromatic N) is 1. The summed E-state index contributed by atoms with van der Waals surface area (Å²) in [6, 6.07) is 15.1. The Morgan fingerprint density at radius 3 is 2.49 bits per heavy atom. The number of imide groups is 1. The van der Waals surface area contributed by atoms with E-state index in [0.29, 0.717) is 16.1 Å². The molecule has 1 aliphatic heterocycles. The third-order valence-electron chi connectivity index (χ3n) is 5.02. The number of amides is 2. The molecule has 0 aromatic heterocycles. The van der Waals surface area contributed by atoms with Crippen LogP contribution in [-0.4, -0.2) is 29.1 Å². The maximum atomic E-state index is 14.1. The van der Waals surface area contributed by atoms with Gasteiger partial charge < -0.3 is 9.47 Å². The van der Waals surface area contributed by atoms with Crippen LogP contribution in [0.5, 0.6) is 11.5 Å². The van der Waals surface area contributed by atoms with Crippen LogP contribution < -0.4 is 9.47 Å². The van der Waals surface area contributed by atoms with Gasteiger partial charge in [0.1, 0.15) is 5.82 Å². The molecule has 6 nitrogen and oxygen atoms in total. The van der Waals surface area contributed by atoms with Gasteiger partial charge in [-0.15, -0.1) is 0 Å². The Morgan fingerprint density at radius 2 is 1.80 bits per heavy atom. The summed E-state index contributed by atoms with van der Waals surface area (Å²) in [5.74, 6) is -1.35. The van der Waals surface area contributed by atoms with E-state index in [4.69, 9.17) is 32.7 Å². The second-order valence-corrected chi connectivity index (χ2v) is 9.11. The number of carbonyl (C=O) groups is 3. The Hall–Kier alpha value is -3.33. The SMILES string of the molecule is COc1cc(/C=C2\SC(=O)N(Cc3c(F)cccc3Cl)C2=O)ccc1OC(=O)c1ccc(Cl)cc1. The van der Waals surface area contributed by atoms with Gasteiger partial charge in [0.25, 0.3) is 11.1 Å². The minimum absolute atomic E-state index is 0.0613. The van der Waals surface area contributed by atoms with Crippen molar-refractivity contribution in [2.45, 2.75) is 6.54 Å². The number of rotatable bonds is 6. The smallest absolute Gasteiger partial charge is 0.343 e. The number of benzene rings is 3. The molecule has 0 aliphatic carbocycles. The van der Waals surface area contributed by atoms with Crippen LogP contribution in [0, 0.1) is 5.82 Å². The molecule has 0 bridgehead atoms. The van der Waals surface area contributed by atoms with Crippen LogP contribution in [0.4, 0.5) is 9.18 Å². The molecule has 0 atom stereocenters. The predicted octanol–water partition coefficient (Wildman–Crippen LogP) is 6.60. The molecular formula is C25H16Cl2FNO5S. The van der Waals surface area contributed by atoms with Crippen LogP contribution in [0.25, 0.3) is 6.08 Å². The zero-order chi connectivity index (χ0) is 25.1. The van der Waals surface area contributed by atoms with E-state index in [1.807, 2.05) is 0 Å². The van der Waals surface area contributed by atoms with Crippen molar-refractivity contribution in [2.24, 2.45) is 0 Å². The van der Waals surface area contributed by atoms with E-state index < -0.39 is 22.9 Å². The number of thioether (sulfide) groups is 1. The summed E-state index contributed by atoms with van der Waals surface area (Å²) >= 11 is 12.6. The highest BCUT2D eigenvalue weighted by Gasteiger charge is 2.36. The fraction of sp³-hybridized carbons (Fsp3) is 0.0800. The summed E-state index contributed by atoms with van der Waals surface area (Å²) in [6.45, 7) is -0.281. The average molecular weight is 532 g/mol. The molecule has 0 N–H and O–H groups in total. The van der Waals surface area contributed by atoms with Crippen LogP contribution in [0.1, 0.15) is 21.5 Å². The van der Waals surface area contributed by atoms with Crippen molar-refractivity contribution < 1.29 is 28.2 Å². The quantitative estimate of drug-likeness (QED) is 0.203. The lowest BCUT2D eigenvalue weighted by atomic mass is 10.1. The molecule has 178 valence electrons. The zero-order valence-corrected chi connectivity index (χ0v) is 20.4. The van der Waals surface area contributed by atoms with Crippen LogP contribution in [0.2, 0.25) is 10.0 Å². The monoisotopic (exact) mass is 531 g/mol. The second-order valence-electron chi connectivity index (χ2n) is 7.27. The number of ether oxygens (including phenoxy) is 2. The molecule has 1 saturated heterocycles. The van der Waals surface area contributed by atoms with Gasteiger partial charge in [0, 0.05) is 15.6 Å². The normalized spacial score (nSPS) is 14.5. The summed E-state index contributed by atoms with van der Waals surface area (Å²) in [5.41, 5.74) is 0.901. The van der Waals surface area contributed by atoms with Gasteiger partial charge in [-0.1, -0.05) is 35.3 Å². The highest BCUT2D eigenvalue weighted by molar-refractivity contribution is 8.18. The maximum Gasteiger partial charge on any atom is 0.343 e. The van der Waals surface area contributed by atoms with Gasteiger partial charge >= 0.3 is 5.97 Å². The standard InChI is InChI=1S/C25H16Cl2FNO5S/c1-33-21-11-14(5-10-20(21)34-24(31)15-6-8-16(26)9-7-15)12-22-23(30)29(25(32)35-22)13-17-18(27)3-2-4-19(17)28/h2-12H,13H2,1H3/b22-12-. The highest BCUT2D eigenvalue weighted by Crippen LogP contribution is 2.36. The van der Waals surface area contributed by atoms with Crippen LogP contribution in [0.3, 0.4) is 0 Å². The fourth-order valence-electron chi connectivity index (χ4n) is 3.23. The molecule has 1 aliphatic rings. The molecule has 4 rings (SSSR count).